The first kappa shape index (κ1) is 16.8. The van der Waals surface area contributed by atoms with Crippen molar-refractivity contribution in [2.24, 2.45) is 0 Å². The number of rotatable bonds is 2. The summed E-state index contributed by atoms with van der Waals surface area (Å²) in [5.74, 6) is 0.604. The second-order valence-electron chi connectivity index (χ2n) is 6.93. The lowest BCUT2D eigenvalue weighted by molar-refractivity contribution is -0.0967. The second kappa shape index (κ2) is 6.60. The van der Waals surface area contributed by atoms with E-state index in [-0.39, 0.29) is 5.91 Å². The molecule has 4 rings (SSSR count). The van der Waals surface area contributed by atoms with E-state index in [1.165, 1.54) is 0 Å². The second-order valence-corrected chi connectivity index (χ2v) is 6.93. The van der Waals surface area contributed by atoms with Gasteiger partial charge in [-0.25, -0.2) is 9.97 Å². The number of anilines is 1. The van der Waals surface area contributed by atoms with Crippen molar-refractivity contribution in [3.63, 3.8) is 0 Å². The summed E-state index contributed by atoms with van der Waals surface area (Å²) in [7, 11) is 3.86. The molecule has 1 fully saturated rings. The number of hydrogen-bond acceptors (Lipinski definition) is 7. The van der Waals surface area contributed by atoms with Crippen LogP contribution in [0.2, 0.25) is 0 Å². The van der Waals surface area contributed by atoms with Gasteiger partial charge in [-0.05, 0) is 37.0 Å². The Morgan fingerprint density at radius 3 is 2.81 bits per heavy atom. The Bertz CT molecular complexity index is 803. The Kier molecular flexibility index (Phi) is 4.28. The van der Waals surface area contributed by atoms with E-state index < -0.39 is 5.60 Å². The molecule has 26 heavy (non-hydrogen) atoms. The standard InChI is InChI=1S/C18H22N6O2/c1-23(2)17-19-12-13-5-11-26-18(15(13)21-17)6-9-24(10-7-18)16(25)14-4-3-8-20-22-14/h3-4,8,12H,5-7,9-11H2,1-2H3. The van der Waals surface area contributed by atoms with Gasteiger partial charge in [-0.1, -0.05) is 0 Å². The molecule has 0 aromatic carbocycles. The number of amides is 1. The first-order valence-electron chi connectivity index (χ1n) is 8.84. The van der Waals surface area contributed by atoms with Crippen LogP contribution in [0.3, 0.4) is 0 Å². The van der Waals surface area contributed by atoms with Gasteiger partial charge in [-0.2, -0.15) is 5.10 Å². The molecule has 0 radical (unpaired) electrons. The van der Waals surface area contributed by atoms with E-state index in [0.717, 1.165) is 30.5 Å². The lowest BCUT2D eigenvalue weighted by Crippen LogP contribution is -2.49. The molecule has 8 nitrogen and oxygen atoms in total. The molecule has 0 aliphatic carbocycles. The molecule has 4 heterocycles. The van der Waals surface area contributed by atoms with Gasteiger partial charge in [0.15, 0.2) is 5.69 Å². The topological polar surface area (TPSA) is 84.3 Å². The fourth-order valence-electron chi connectivity index (χ4n) is 3.64. The minimum atomic E-state index is -0.430. The molecule has 0 N–H and O–H groups in total. The minimum Gasteiger partial charge on any atom is -0.368 e. The van der Waals surface area contributed by atoms with Crippen LogP contribution < -0.4 is 4.90 Å². The van der Waals surface area contributed by atoms with Crippen LogP contribution in [0.4, 0.5) is 5.95 Å². The highest BCUT2D eigenvalue weighted by molar-refractivity contribution is 5.92. The molecular weight excluding hydrogens is 332 g/mol. The number of aromatic nitrogens is 4. The highest BCUT2D eigenvalue weighted by atomic mass is 16.5. The zero-order valence-electron chi connectivity index (χ0n) is 15.1. The van der Waals surface area contributed by atoms with Gasteiger partial charge in [0.2, 0.25) is 5.95 Å². The number of nitrogens with zero attached hydrogens (tertiary/aromatic N) is 6. The summed E-state index contributed by atoms with van der Waals surface area (Å²) in [6.07, 6.45) is 5.74. The molecule has 1 saturated heterocycles. The van der Waals surface area contributed by atoms with E-state index in [1.807, 2.05) is 30.1 Å². The number of carbonyl (C=O) groups is 1. The quantitative estimate of drug-likeness (QED) is 0.796. The van der Waals surface area contributed by atoms with Gasteiger partial charge in [-0.3, -0.25) is 4.79 Å². The van der Waals surface area contributed by atoms with Crippen LogP contribution in [0.25, 0.3) is 0 Å². The predicted molar refractivity (Wildman–Crippen MR) is 94.9 cm³/mol. The smallest absolute Gasteiger partial charge is 0.274 e. The van der Waals surface area contributed by atoms with Crippen molar-refractivity contribution in [2.75, 3.05) is 38.7 Å². The van der Waals surface area contributed by atoms with Gasteiger partial charge < -0.3 is 14.5 Å². The predicted octanol–water partition coefficient (Wildman–Crippen LogP) is 1.04. The Hall–Kier alpha value is -2.61. The lowest BCUT2D eigenvalue weighted by atomic mass is 9.83. The maximum atomic E-state index is 12.6. The summed E-state index contributed by atoms with van der Waals surface area (Å²) in [5, 5.41) is 7.72. The third-order valence-corrected chi connectivity index (χ3v) is 5.08. The van der Waals surface area contributed by atoms with Gasteiger partial charge >= 0.3 is 0 Å². The van der Waals surface area contributed by atoms with Crippen LogP contribution >= 0.6 is 0 Å². The van der Waals surface area contributed by atoms with Crippen molar-refractivity contribution in [1.29, 1.82) is 0 Å². The normalized spacial score (nSPS) is 18.5. The maximum Gasteiger partial charge on any atom is 0.274 e. The van der Waals surface area contributed by atoms with Crippen molar-refractivity contribution < 1.29 is 9.53 Å². The number of likely N-dealkylation sites (tertiary alicyclic amines) is 1. The fraction of sp³-hybridized carbons (Fsp3) is 0.500. The van der Waals surface area contributed by atoms with Gasteiger partial charge in [0.05, 0.1) is 12.3 Å². The van der Waals surface area contributed by atoms with Crippen molar-refractivity contribution in [2.45, 2.75) is 24.9 Å². The van der Waals surface area contributed by atoms with E-state index >= 15 is 0 Å². The van der Waals surface area contributed by atoms with Gasteiger partial charge in [-0.15, -0.1) is 5.10 Å². The number of ether oxygens (including phenoxy) is 1. The number of hydrogen-bond donors (Lipinski definition) is 0. The molecule has 2 aliphatic heterocycles. The number of piperidine rings is 1. The summed E-state index contributed by atoms with van der Waals surface area (Å²) in [4.78, 5) is 25.5. The van der Waals surface area contributed by atoms with Gasteiger partial charge in [0, 0.05) is 39.6 Å². The van der Waals surface area contributed by atoms with Crippen LogP contribution in [0.5, 0.6) is 0 Å². The van der Waals surface area contributed by atoms with E-state index in [0.29, 0.717) is 31.3 Å². The summed E-state index contributed by atoms with van der Waals surface area (Å²) >= 11 is 0. The third-order valence-electron chi connectivity index (χ3n) is 5.08. The molecule has 8 heteroatoms. The first-order chi connectivity index (χ1) is 12.6. The van der Waals surface area contributed by atoms with Crippen LogP contribution in [-0.2, 0) is 16.8 Å². The average Bonchev–Trinajstić information content (AvgIpc) is 2.69. The van der Waals surface area contributed by atoms with E-state index in [2.05, 4.69) is 15.2 Å². The third kappa shape index (κ3) is 2.90. The summed E-state index contributed by atoms with van der Waals surface area (Å²) < 4.78 is 6.23. The summed E-state index contributed by atoms with van der Waals surface area (Å²) in [6, 6.07) is 3.43. The maximum absolute atomic E-state index is 12.6. The molecule has 1 spiro atoms. The van der Waals surface area contributed by atoms with Crippen molar-refractivity contribution in [3.8, 4) is 0 Å². The van der Waals surface area contributed by atoms with E-state index in [4.69, 9.17) is 9.72 Å². The fourth-order valence-corrected chi connectivity index (χ4v) is 3.64. The van der Waals surface area contributed by atoms with Gasteiger partial charge in [0.1, 0.15) is 5.60 Å². The molecule has 136 valence electrons. The number of carbonyl (C=O) groups excluding carboxylic acids is 1. The molecule has 0 bridgehead atoms. The molecule has 2 aromatic rings. The zero-order chi connectivity index (χ0) is 18.1. The highest BCUT2D eigenvalue weighted by Gasteiger charge is 2.43. The summed E-state index contributed by atoms with van der Waals surface area (Å²) in [6.45, 7) is 1.88. The Morgan fingerprint density at radius 2 is 2.12 bits per heavy atom. The SMILES string of the molecule is CN(C)c1ncc2c(n1)C1(CCN(C(=O)c3cccnn3)CC1)OCC2. The molecule has 0 atom stereocenters. The molecule has 0 unspecified atom stereocenters. The van der Waals surface area contributed by atoms with Crippen LogP contribution in [0.1, 0.15) is 34.6 Å². The van der Waals surface area contributed by atoms with Crippen LogP contribution in [-0.4, -0.2) is 64.8 Å². The van der Waals surface area contributed by atoms with E-state index in [1.54, 1.807) is 18.3 Å². The Morgan fingerprint density at radius 1 is 1.31 bits per heavy atom. The molecule has 1 amide bonds. The largest absolute Gasteiger partial charge is 0.368 e. The van der Waals surface area contributed by atoms with Crippen molar-refractivity contribution >= 4 is 11.9 Å². The van der Waals surface area contributed by atoms with Gasteiger partial charge in [0.25, 0.3) is 5.91 Å². The number of fused-ring (bicyclic) bond motifs is 2. The first-order valence-corrected chi connectivity index (χ1v) is 8.84. The minimum absolute atomic E-state index is 0.0827. The summed E-state index contributed by atoms with van der Waals surface area (Å²) in [5.41, 5.74) is 2.08. The molecule has 0 saturated carbocycles. The van der Waals surface area contributed by atoms with Crippen molar-refractivity contribution in [3.05, 3.63) is 41.5 Å². The Balaban J connectivity index is 1.56. The zero-order valence-corrected chi connectivity index (χ0v) is 15.1. The Labute approximate surface area is 152 Å². The molecular formula is C18H22N6O2. The van der Waals surface area contributed by atoms with Crippen molar-refractivity contribution in [1.82, 2.24) is 25.1 Å². The highest BCUT2D eigenvalue weighted by Crippen LogP contribution is 2.40. The van der Waals surface area contributed by atoms with Crippen LogP contribution in [0, 0.1) is 0 Å². The molecule has 2 aromatic heterocycles. The lowest BCUT2D eigenvalue weighted by Gasteiger charge is -2.44. The molecule has 2 aliphatic rings. The average molecular weight is 354 g/mol. The monoisotopic (exact) mass is 354 g/mol. The van der Waals surface area contributed by atoms with Crippen LogP contribution in [0.15, 0.2) is 24.5 Å². The van der Waals surface area contributed by atoms with E-state index in [9.17, 15) is 4.79 Å².